The number of methoxy groups -OCH3 is 1. The van der Waals surface area contributed by atoms with Crippen molar-refractivity contribution in [2.75, 3.05) is 12.4 Å². The number of anilines is 1. The number of cyclic esters (lactones) is 1. The fraction of sp³-hybridized carbons (Fsp3) is 0.182. The van der Waals surface area contributed by atoms with E-state index in [1.54, 1.807) is 0 Å². The standard InChI is InChI=1S/C11H10ClNO3/c1-15-11-9(8(12)10(14)16-11)13-7-5-3-2-4-6-7/h2-6,11,13H,1H3. The average Bonchev–Trinajstić information content (AvgIpc) is 2.58. The minimum absolute atomic E-state index is 0.0238. The largest absolute Gasteiger partial charge is 0.425 e. The van der Waals surface area contributed by atoms with Gasteiger partial charge in [-0.2, -0.15) is 0 Å². The smallest absolute Gasteiger partial charge is 0.354 e. The summed E-state index contributed by atoms with van der Waals surface area (Å²) in [6.07, 6.45) is -0.764. The number of carbonyl (C=O) groups is 1. The normalized spacial score (nSPS) is 19.9. The van der Waals surface area contributed by atoms with Crippen molar-refractivity contribution < 1.29 is 14.3 Å². The summed E-state index contributed by atoms with van der Waals surface area (Å²) < 4.78 is 9.87. The Bertz CT molecular complexity index is 430. The zero-order valence-corrected chi connectivity index (χ0v) is 9.32. The van der Waals surface area contributed by atoms with Gasteiger partial charge in [-0.05, 0) is 12.1 Å². The van der Waals surface area contributed by atoms with Crippen molar-refractivity contribution in [3.8, 4) is 0 Å². The molecule has 0 aromatic heterocycles. The predicted molar refractivity (Wildman–Crippen MR) is 59.8 cm³/mol. The maximum Gasteiger partial charge on any atom is 0.354 e. The van der Waals surface area contributed by atoms with Crippen LogP contribution in [0.4, 0.5) is 5.69 Å². The van der Waals surface area contributed by atoms with Crippen LogP contribution >= 0.6 is 11.6 Å². The molecule has 1 aromatic carbocycles. The number of halogens is 1. The van der Waals surface area contributed by atoms with E-state index in [4.69, 9.17) is 21.1 Å². The highest BCUT2D eigenvalue weighted by atomic mass is 35.5. The minimum Gasteiger partial charge on any atom is -0.425 e. The molecule has 0 amide bonds. The van der Waals surface area contributed by atoms with Crippen LogP contribution in [0.5, 0.6) is 0 Å². The Morgan fingerprint density at radius 3 is 2.69 bits per heavy atom. The van der Waals surface area contributed by atoms with E-state index in [2.05, 4.69) is 5.32 Å². The molecule has 1 atom stereocenters. The number of carbonyl (C=O) groups excluding carboxylic acids is 1. The SMILES string of the molecule is COC1OC(=O)C(Cl)=C1Nc1ccccc1. The van der Waals surface area contributed by atoms with Gasteiger partial charge in [0.05, 0.1) is 0 Å². The van der Waals surface area contributed by atoms with Crippen LogP contribution in [-0.4, -0.2) is 19.4 Å². The number of hydrogen-bond acceptors (Lipinski definition) is 4. The molecule has 2 rings (SSSR count). The van der Waals surface area contributed by atoms with Crippen LogP contribution in [0.15, 0.2) is 41.1 Å². The topological polar surface area (TPSA) is 47.6 Å². The van der Waals surface area contributed by atoms with Crippen LogP contribution in [0.3, 0.4) is 0 Å². The minimum atomic E-state index is -0.764. The van der Waals surface area contributed by atoms with Crippen molar-refractivity contribution in [1.29, 1.82) is 0 Å². The van der Waals surface area contributed by atoms with Gasteiger partial charge in [0, 0.05) is 12.8 Å². The molecule has 0 bridgehead atoms. The highest BCUT2D eigenvalue weighted by Crippen LogP contribution is 2.27. The van der Waals surface area contributed by atoms with Crippen molar-refractivity contribution in [1.82, 2.24) is 0 Å². The third kappa shape index (κ3) is 2.03. The van der Waals surface area contributed by atoms with E-state index in [0.29, 0.717) is 5.70 Å². The zero-order chi connectivity index (χ0) is 11.5. The fourth-order valence-corrected chi connectivity index (χ4v) is 1.56. The lowest BCUT2D eigenvalue weighted by molar-refractivity contribution is -0.155. The summed E-state index contributed by atoms with van der Waals surface area (Å²) in [4.78, 5) is 11.2. The van der Waals surface area contributed by atoms with Gasteiger partial charge in [-0.25, -0.2) is 4.79 Å². The van der Waals surface area contributed by atoms with E-state index in [1.807, 2.05) is 30.3 Å². The van der Waals surface area contributed by atoms with E-state index < -0.39 is 12.3 Å². The molecular formula is C11H10ClNO3. The van der Waals surface area contributed by atoms with Crippen LogP contribution < -0.4 is 5.32 Å². The Morgan fingerprint density at radius 1 is 1.38 bits per heavy atom. The van der Waals surface area contributed by atoms with Crippen molar-refractivity contribution in [2.24, 2.45) is 0 Å². The van der Waals surface area contributed by atoms with Crippen LogP contribution in [0, 0.1) is 0 Å². The summed E-state index contributed by atoms with van der Waals surface area (Å²) in [5.74, 6) is -0.577. The number of hydrogen-bond donors (Lipinski definition) is 1. The highest BCUT2D eigenvalue weighted by Gasteiger charge is 2.33. The summed E-state index contributed by atoms with van der Waals surface area (Å²) in [7, 11) is 1.44. The van der Waals surface area contributed by atoms with Gasteiger partial charge in [0.25, 0.3) is 0 Å². The molecule has 4 nitrogen and oxygen atoms in total. The van der Waals surface area contributed by atoms with E-state index in [-0.39, 0.29) is 5.03 Å². The third-order valence-electron chi connectivity index (χ3n) is 2.13. The monoisotopic (exact) mass is 239 g/mol. The van der Waals surface area contributed by atoms with Crippen molar-refractivity contribution >= 4 is 23.3 Å². The highest BCUT2D eigenvalue weighted by molar-refractivity contribution is 6.42. The second kappa shape index (κ2) is 4.55. The predicted octanol–water partition coefficient (Wildman–Crippen LogP) is 2.08. The molecule has 0 spiro atoms. The molecule has 1 aliphatic heterocycles. The molecule has 0 aliphatic carbocycles. The number of benzene rings is 1. The summed E-state index contributed by atoms with van der Waals surface area (Å²) in [5.41, 5.74) is 1.25. The molecule has 1 aromatic rings. The Hall–Kier alpha value is -1.52. The molecule has 0 fully saturated rings. The van der Waals surface area contributed by atoms with Gasteiger partial charge in [0.1, 0.15) is 5.70 Å². The van der Waals surface area contributed by atoms with Crippen LogP contribution in [-0.2, 0) is 14.3 Å². The first-order chi connectivity index (χ1) is 7.72. The Labute approximate surface area is 97.8 Å². The Morgan fingerprint density at radius 2 is 2.06 bits per heavy atom. The summed E-state index contributed by atoms with van der Waals surface area (Å²) in [6.45, 7) is 0. The molecule has 5 heteroatoms. The Kier molecular flexibility index (Phi) is 3.12. The zero-order valence-electron chi connectivity index (χ0n) is 8.57. The van der Waals surface area contributed by atoms with Gasteiger partial charge in [0.15, 0.2) is 5.03 Å². The van der Waals surface area contributed by atoms with Gasteiger partial charge < -0.3 is 14.8 Å². The van der Waals surface area contributed by atoms with Crippen molar-refractivity contribution in [3.05, 3.63) is 41.1 Å². The Balaban J connectivity index is 2.23. The molecule has 1 heterocycles. The van der Waals surface area contributed by atoms with Crippen LogP contribution in [0.1, 0.15) is 0 Å². The molecule has 84 valence electrons. The van der Waals surface area contributed by atoms with Crippen molar-refractivity contribution in [2.45, 2.75) is 6.29 Å². The van der Waals surface area contributed by atoms with E-state index >= 15 is 0 Å². The molecular weight excluding hydrogens is 230 g/mol. The summed E-state index contributed by atoms with van der Waals surface area (Å²) >= 11 is 5.81. The maximum absolute atomic E-state index is 11.2. The van der Waals surface area contributed by atoms with Gasteiger partial charge in [0.2, 0.25) is 6.29 Å². The number of ether oxygens (including phenoxy) is 2. The number of rotatable bonds is 3. The second-order valence-electron chi connectivity index (χ2n) is 3.19. The van der Waals surface area contributed by atoms with Crippen LogP contribution in [0.25, 0.3) is 0 Å². The van der Waals surface area contributed by atoms with E-state index in [1.165, 1.54) is 7.11 Å². The molecule has 1 N–H and O–H groups in total. The number of nitrogens with one attached hydrogen (secondary N) is 1. The van der Waals surface area contributed by atoms with Gasteiger partial charge in [-0.15, -0.1) is 0 Å². The first-order valence-electron chi connectivity index (χ1n) is 4.68. The molecule has 0 saturated heterocycles. The van der Waals surface area contributed by atoms with Gasteiger partial charge in [-0.3, -0.25) is 0 Å². The molecule has 0 radical (unpaired) electrons. The van der Waals surface area contributed by atoms with Crippen molar-refractivity contribution in [3.63, 3.8) is 0 Å². The number of para-hydroxylation sites is 1. The summed E-state index contributed by atoms with van der Waals surface area (Å²) in [5, 5.41) is 3.02. The third-order valence-corrected chi connectivity index (χ3v) is 2.49. The maximum atomic E-state index is 11.2. The van der Waals surface area contributed by atoms with E-state index in [9.17, 15) is 4.79 Å². The molecule has 1 unspecified atom stereocenters. The van der Waals surface area contributed by atoms with Crippen LogP contribution in [0.2, 0.25) is 0 Å². The van der Waals surface area contributed by atoms with E-state index in [0.717, 1.165) is 5.69 Å². The lowest BCUT2D eigenvalue weighted by Crippen LogP contribution is -2.18. The lowest BCUT2D eigenvalue weighted by atomic mass is 10.3. The van der Waals surface area contributed by atoms with Gasteiger partial charge >= 0.3 is 5.97 Å². The number of esters is 1. The molecule has 0 saturated carbocycles. The molecule has 1 aliphatic rings. The van der Waals surface area contributed by atoms with Gasteiger partial charge in [-0.1, -0.05) is 29.8 Å². The second-order valence-corrected chi connectivity index (χ2v) is 3.57. The first kappa shape index (κ1) is 11.0. The summed E-state index contributed by atoms with van der Waals surface area (Å²) in [6, 6.07) is 9.34. The first-order valence-corrected chi connectivity index (χ1v) is 5.05. The molecule has 16 heavy (non-hydrogen) atoms. The quantitative estimate of drug-likeness (QED) is 0.821. The fourth-order valence-electron chi connectivity index (χ4n) is 1.38. The lowest BCUT2D eigenvalue weighted by Gasteiger charge is -2.13. The average molecular weight is 240 g/mol.